The summed E-state index contributed by atoms with van der Waals surface area (Å²) in [6.45, 7) is -0.199. The molecule has 1 aromatic heterocycles. The second-order valence-corrected chi connectivity index (χ2v) is 5.80. The van der Waals surface area contributed by atoms with Gasteiger partial charge in [0.2, 0.25) is 0 Å². The minimum atomic E-state index is -4.24. The number of sulfonamides is 1. The lowest BCUT2D eigenvalue weighted by Crippen LogP contribution is -2.34. The summed E-state index contributed by atoms with van der Waals surface area (Å²) >= 11 is 0. The largest absolute Gasteiger partial charge is 0.545 e. The molecule has 22 heavy (non-hydrogen) atoms. The summed E-state index contributed by atoms with van der Waals surface area (Å²) in [5.74, 6) is -1.35. The number of nitrogens with zero attached hydrogens (tertiary/aromatic N) is 1. The second-order valence-electron chi connectivity index (χ2n) is 4.12. The van der Waals surface area contributed by atoms with Gasteiger partial charge >= 0.3 is 5.69 Å². The van der Waals surface area contributed by atoms with Crippen LogP contribution in [-0.2, 0) is 16.6 Å². The highest BCUT2D eigenvalue weighted by molar-refractivity contribution is 7.89. The third-order valence-corrected chi connectivity index (χ3v) is 3.90. The fraction of sp³-hybridized carbons (Fsp3) is 0.0909. The van der Waals surface area contributed by atoms with Crippen molar-refractivity contribution < 1.29 is 18.3 Å². The van der Waals surface area contributed by atoms with Crippen LogP contribution in [0, 0.1) is 0 Å². The molecule has 10 nitrogen and oxygen atoms in total. The van der Waals surface area contributed by atoms with E-state index in [1.54, 1.807) is 4.98 Å². The van der Waals surface area contributed by atoms with Gasteiger partial charge in [0, 0.05) is 6.54 Å². The summed E-state index contributed by atoms with van der Waals surface area (Å²) in [6, 6.07) is 5.28. The normalized spacial score (nSPS) is 11.3. The van der Waals surface area contributed by atoms with Gasteiger partial charge in [0.25, 0.3) is 20.6 Å². The molecular weight excluding hydrogens is 316 g/mol. The summed E-state index contributed by atoms with van der Waals surface area (Å²) in [4.78, 5) is 34.5. The first-order valence-electron chi connectivity index (χ1n) is 5.78. The molecule has 116 valence electrons. The van der Waals surface area contributed by atoms with Crippen LogP contribution in [0.4, 0.5) is 0 Å². The van der Waals surface area contributed by atoms with Crippen LogP contribution in [-0.4, -0.2) is 29.6 Å². The van der Waals surface area contributed by atoms with Crippen LogP contribution in [0.15, 0.2) is 38.9 Å². The number of aromatic nitrogens is 3. The average molecular weight is 325 g/mol. The van der Waals surface area contributed by atoms with E-state index in [0.717, 1.165) is 0 Å². The molecule has 0 spiro atoms. The van der Waals surface area contributed by atoms with E-state index in [2.05, 4.69) is 9.82 Å². The van der Waals surface area contributed by atoms with Crippen molar-refractivity contribution in [2.24, 2.45) is 0 Å². The molecule has 1 heterocycles. The number of rotatable bonds is 5. The summed E-state index contributed by atoms with van der Waals surface area (Å²) in [7, 11) is -4.24. The number of carboxylic acid groups (broad SMARTS) is 1. The lowest BCUT2D eigenvalue weighted by molar-refractivity contribution is -0.255. The first-order chi connectivity index (χ1) is 10.3. The number of nitrogens with one attached hydrogen (secondary N) is 3. The van der Waals surface area contributed by atoms with Crippen molar-refractivity contribution in [2.45, 2.75) is 11.6 Å². The number of aromatic amines is 2. The van der Waals surface area contributed by atoms with Crippen molar-refractivity contribution in [1.82, 2.24) is 19.9 Å². The smallest absolute Gasteiger partial charge is 0.342 e. The first kappa shape index (κ1) is 15.6. The zero-order chi connectivity index (χ0) is 16.3. The molecule has 0 bridgehead atoms. The van der Waals surface area contributed by atoms with Crippen LogP contribution < -0.4 is 21.1 Å². The highest BCUT2D eigenvalue weighted by Crippen LogP contribution is 2.05. The molecule has 3 N–H and O–H groups in total. The minimum Gasteiger partial charge on any atom is -0.545 e. The quantitative estimate of drug-likeness (QED) is 0.538. The maximum absolute atomic E-state index is 11.9. The average Bonchev–Trinajstić information content (AvgIpc) is 2.45. The van der Waals surface area contributed by atoms with E-state index < -0.39 is 32.3 Å². The molecule has 0 aliphatic heterocycles. The maximum atomic E-state index is 11.9. The van der Waals surface area contributed by atoms with Crippen LogP contribution in [0.5, 0.6) is 0 Å². The molecule has 0 aliphatic carbocycles. The highest BCUT2D eigenvalue weighted by Gasteiger charge is 2.20. The van der Waals surface area contributed by atoms with E-state index >= 15 is 0 Å². The van der Waals surface area contributed by atoms with Crippen molar-refractivity contribution >= 4 is 16.0 Å². The molecule has 2 aromatic rings. The van der Waals surface area contributed by atoms with Crippen LogP contribution >= 0.6 is 0 Å². The Kier molecular flexibility index (Phi) is 4.19. The summed E-state index contributed by atoms with van der Waals surface area (Å²) < 4.78 is 25.9. The Bertz CT molecular complexity index is 913. The monoisotopic (exact) mass is 325 g/mol. The third kappa shape index (κ3) is 3.45. The fourth-order valence-electron chi connectivity index (χ4n) is 1.52. The molecule has 2 rings (SSSR count). The van der Waals surface area contributed by atoms with Crippen LogP contribution in [0.25, 0.3) is 0 Å². The SMILES string of the molecule is O=C([O-])c1ccc(CNS(=O)(=O)c2n[nH]c(=O)[nH]c2=O)cc1. The molecule has 11 heteroatoms. The van der Waals surface area contributed by atoms with Gasteiger partial charge in [0.1, 0.15) is 0 Å². The van der Waals surface area contributed by atoms with Crippen molar-refractivity contribution in [3.05, 3.63) is 56.2 Å². The number of carbonyl (C=O) groups excluding carboxylic acids is 1. The van der Waals surface area contributed by atoms with Gasteiger partial charge in [-0.2, -0.15) is 5.10 Å². The van der Waals surface area contributed by atoms with E-state index in [0.29, 0.717) is 5.56 Å². The van der Waals surface area contributed by atoms with Crippen molar-refractivity contribution in [2.75, 3.05) is 0 Å². The highest BCUT2D eigenvalue weighted by atomic mass is 32.2. The fourth-order valence-corrected chi connectivity index (χ4v) is 2.48. The molecule has 0 unspecified atom stereocenters. The Balaban J connectivity index is 2.17. The standard InChI is InChI=1S/C11H10N4O6S/c16-8-9(14-15-11(19)13-8)22(20,21)12-5-6-1-3-7(4-2-6)10(17)18/h1-4,12H,5H2,(H,17,18)(H2,13,15,16,19)/p-1. The van der Waals surface area contributed by atoms with Gasteiger partial charge in [-0.3, -0.25) is 9.78 Å². The van der Waals surface area contributed by atoms with E-state index in [1.807, 2.05) is 5.10 Å². The molecule has 0 saturated carbocycles. The molecule has 0 fully saturated rings. The Morgan fingerprint density at radius 1 is 1.23 bits per heavy atom. The van der Waals surface area contributed by atoms with Crippen molar-refractivity contribution in [3.63, 3.8) is 0 Å². The Labute approximate surface area is 122 Å². The lowest BCUT2D eigenvalue weighted by Gasteiger charge is -2.06. The van der Waals surface area contributed by atoms with Gasteiger partial charge in [-0.1, -0.05) is 24.3 Å². The number of hydrogen-bond donors (Lipinski definition) is 3. The Morgan fingerprint density at radius 3 is 2.41 bits per heavy atom. The van der Waals surface area contributed by atoms with Gasteiger partial charge in [-0.25, -0.2) is 23.0 Å². The van der Waals surface area contributed by atoms with E-state index in [1.165, 1.54) is 24.3 Å². The van der Waals surface area contributed by atoms with Gasteiger partial charge in [0.05, 0.1) is 5.97 Å². The lowest BCUT2D eigenvalue weighted by atomic mass is 10.1. The van der Waals surface area contributed by atoms with E-state index in [-0.39, 0.29) is 12.1 Å². The molecule has 1 aromatic carbocycles. The van der Waals surface area contributed by atoms with Gasteiger partial charge < -0.3 is 9.90 Å². The number of carboxylic acids is 1. The third-order valence-electron chi connectivity index (χ3n) is 2.59. The topological polar surface area (TPSA) is 165 Å². The number of hydrogen-bond acceptors (Lipinski definition) is 7. The maximum Gasteiger partial charge on any atom is 0.342 e. The molecule has 0 aliphatic rings. The van der Waals surface area contributed by atoms with Crippen LogP contribution in [0.2, 0.25) is 0 Å². The van der Waals surface area contributed by atoms with Crippen molar-refractivity contribution in [3.8, 4) is 0 Å². The number of H-pyrrole nitrogens is 2. The Morgan fingerprint density at radius 2 is 1.86 bits per heavy atom. The van der Waals surface area contributed by atoms with Gasteiger partial charge in [-0.05, 0) is 11.1 Å². The van der Waals surface area contributed by atoms with Crippen LogP contribution in [0.3, 0.4) is 0 Å². The van der Waals surface area contributed by atoms with Gasteiger partial charge in [0.15, 0.2) is 0 Å². The minimum absolute atomic E-state index is 0.0506. The number of carbonyl (C=O) groups is 1. The van der Waals surface area contributed by atoms with Crippen molar-refractivity contribution in [1.29, 1.82) is 0 Å². The summed E-state index contributed by atoms with van der Waals surface area (Å²) in [5.41, 5.74) is -1.68. The predicted octanol–water partition coefficient (Wildman–Crippen LogP) is -2.70. The molecule has 0 saturated heterocycles. The molecule has 0 radical (unpaired) electrons. The van der Waals surface area contributed by atoms with Gasteiger partial charge in [-0.15, -0.1) is 0 Å². The Hall–Kier alpha value is -2.79. The predicted molar refractivity (Wildman–Crippen MR) is 70.3 cm³/mol. The number of aromatic carboxylic acids is 1. The van der Waals surface area contributed by atoms with E-state index in [9.17, 15) is 27.9 Å². The summed E-state index contributed by atoms with van der Waals surface area (Å²) in [5, 5.41) is 14.7. The molecule has 0 atom stereocenters. The zero-order valence-corrected chi connectivity index (χ0v) is 11.6. The molecular formula is C11H9N4O6S-. The number of benzene rings is 1. The first-order valence-corrected chi connectivity index (χ1v) is 7.27. The zero-order valence-electron chi connectivity index (χ0n) is 10.8. The van der Waals surface area contributed by atoms with E-state index in [4.69, 9.17) is 0 Å². The van der Waals surface area contributed by atoms with Crippen LogP contribution in [0.1, 0.15) is 15.9 Å². The second kappa shape index (κ2) is 5.91. The molecule has 0 amide bonds. The summed E-state index contributed by atoms with van der Waals surface area (Å²) in [6.07, 6.45) is 0.